The molecule has 1 aliphatic heterocycles. The molecule has 2 aromatic rings. The molecule has 1 unspecified atom stereocenters. The molecular formula is C17H19NO4S2. The third kappa shape index (κ3) is 3.38. The molecule has 0 N–H and O–H groups in total. The Kier molecular flexibility index (Phi) is 4.50. The number of benzene rings is 2. The molecule has 0 saturated carbocycles. The van der Waals surface area contributed by atoms with E-state index < -0.39 is 25.1 Å². The molecule has 1 aliphatic rings. The summed E-state index contributed by atoms with van der Waals surface area (Å²) in [5.41, 5.74) is 1.75. The summed E-state index contributed by atoms with van der Waals surface area (Å²) in [5.74, 6) is 0. The van der Waals surface area contributed by atoms with E-state index in [0.29, 0.717) is 6.42 Å². The van der Waals surface area contributed by atoms with Crippen molar-refractivity contribution < 1.29 is 16.8 Å². The number of rotatable bonds is 4. The Hall–Kier alpha value is -1.70. The van der Waals surface area contributed by atoms with Gasteiger partial charge in [0.2, 0.25) is 10.0 Å². The molecule has 5 nitrogen and oxygen atoms in total. The van der Waals surface area contributed by atoms with Crippen LogP contribution < -0.4 is 0 Å². The van der Waals surface area contributed by atoms with Gasteiger partial charge in [0.15, 0.2) is 9.84 Å². The molecule has 0 aliphatic carbocycles. The van der Waals surface area contributed by atoms with Crippen molar-refractivity contribution in [2.45, 2.75) is 16.6 Å². The topological polar surface area (TPSA) is 71.5 Å². The molecule has 0 aromatic heterocycles. The van der Waals surface area contributed by atoms with Gasteiger partial charge in [-0.05, 0) is 29.7 Å². The molecule has 24 heavy (non-hydrogen) atoms. The van der Waals surface area contributed by atoms with Gasteiger partial charge in [-0.3, -0.25) is 0 Å². The van der Waals surface area contributed by atoms with E-state index in [0.717, 1.165) is 17.4 Å². The van der Waals surface area contributed by atoms with Gasteiger partial charge in [-0.1, -0.05) is 42.5 Å². The molecule has 0 radical (unpaired) electrons. The average molecular weight is 365 g/mol. The zero-order valence-electron chi connectivity index (χ0n) is 13.3. The molecular weight excluding hydrogens is 346 g/mol. The highest BCUT2D eigenvalue weighted by Gasteiger charge is 2.37. The maximum Gasteiger partial charge on any atom is 0.243 e. The summed E-state index contributed by atoms with van der Waals surface area (Å²) >= 11 is 0. The molecule has 0 amide bonds. The van der Waals surface area contributed by atoms with Crippen LogP contribution in [0.25, 0.3) is 11.1 Å². The van der Waals surface area contributed by atoms with Gasteiger partial charge in [-0.15, -0.1) is 0 Å². The highest BCUT2D eigenvalue weighted by molar-refractivity contribution is 7.91. The van der Waals surface area contributed by atoms with Crippen molar-refractivity contribution in [2.24, 2.45) is 0 Å². The lowest BCUT2D eigenvalue weighted by molar-refractivity contribution is 0.477. The molecule has 7 heteroatoms. The van der Waals surface area contributed by atoms with E-state index in [1.165, 1.54) is 4.31 Å². The Labute approximate surface area is 142 Å². The number of hydrogen-bond donors (Lipinski definition) is 0. The van der Waals surface area contributed by atoms with Crippen LogP contribution >= 0.6 is 0 Å². The van der Waals surface area contributed by atoms with Gasteiger partial charge in [-0.25, -0.2) is 16.8 Å². The van der Waals surface area contributed by atoms with Crippen molar-refractivity contribution in [3.63, 3.8) is 0 Å². The lowest BCUT2D eigenvalue weighted by Gasteiger charge is -2.17. The van der Waals surface area contributed by atoms with Gasteiger partial charge in [0.1, 0.15) is 0 Å². The molecule has 2 aromatic carbocycles. The van der Waals surface area contributed by atoms with Gasteiger partial charge < -0.3 is 0 Å². The summed E-state index contributed by atoms with van der Waals surface area (Å²) in [5, 5.41) is -0.621. The summed E-state index contributed by atoms with van der Waals surface area (Å²) in [6, 6.07) is 16.3. The van der Waals surface area contributed by atoms with E-state index in [2.05, 4.69) is 0 Å². The molecule has 128 valence electrons. The van der Waals surface area contributed by atoms with Crippen molar-refractivity contribution in [1.29, 1.82) is 0 Å². The second-order valence-corrected chi connectivity index (χ2v) is 10.3. The largest absolute Gasteiger partial charge is 0.243 e. The summed E-state index contributed by atoms with van der Waals surface area (Å²) in [6.07, 6.45) is 1.50. The van der Waals surface area contributed by atoms with Crippen molar-refractivity contribution >= 4 is 19.9 Å². The molecule has 1 fully saturated rings. The van der Waals surface area contributed by atoms with E-state index in [1.54, 1.807) is 18.2 Å². The minimum atomic E-state index is -3.69. The smallest absolute Gasteiger partial charge is 0.229 e. The van der Waals surface area contributed by atoms with Crippen LogP contribution in [0.2, 0.25) is 0 Å². The Morgan fingerprint density at radius 2 is 1.58 bits per heavy atom. The predicted octanol–water partition coefficient (Wildman–Crippen LogP) is 2.16. The molecule has 3 rings (SSSR count). The van der Waals surface area contributed by atoms with Crippen LogP contribution in [0.15, 0.2) is 59.5 Å². The van der Waals surface area contributed by atoms with Crippen LogP contribution in [0, 0.1) is 0 Å². The fourth-order valence-corrected chi connectivity index (χ4v) is 5.51. The van der Waals surface area contributed by atoms with E-state index in [-0.39, 0.29) is 18.0 Å². The maximum absolute atomic E-state index is 12.8. The lowest BCUT2D eigenvalue weighted by Crippen LogP contribution is -2.31. The van der Waals surface area contributed by atoms with Crippen LogP contribution in [0.5, 0.6) is 0 Å². The second kappa shape index (κ2) is 6.31. The van der Waals surface area contributed by atoms with Crippen LogP contribution in [0.4, 0.5) is 0 Å². The second-order valence-electron chi connectivity index (χ2n) is 6.00. The Morgan fingerprint density at radius 3 is 2.21 bits per heavy atom. The van der Waals surface area contributed by atoms with Gasteiger partial charge >= 0.3 is 0 Å². The average Bonchev–Trinajstić information content (AvgIpc) is 3.07. The fraction of sp³-hybridized carbons (Fsp3) is 0.294. The highest BCUT2D eigenvalue weighted by Crippen LogP contribution is 2.27. The molecule has 0 bridgehead atoms. The normalized spacial score (nSPS) is 19.5. The third-order valence-electron chi connectivity index (χ3n) is 4.29. The monoisotopic (exact) mass is 365 g/mol. The van der Waals surface area contributed by atoms with Gasteiger partial charge in [0.05, 0.1) is 10.1 Å². The Balaban J connectivity index is 1.91. The summed E-state index contributed by atoms with van der Waals surface area (Å²) < 4.78 is 50.2. The van der Waals surface area contributed by atoms with Crippen LogP contribution in [-0.2, 0) is 19.9 Å². The molecule has 1 atom stereocenters. The van der Waals surface area contributed by atoms with E-state index in [4.69, 9.17) is 0 Å². The molecule has 1 saturated heterocycles. The van der Waals surface area contributed by atoms with Crippen molar-refractivity contribution in [3.05, 3.63) is 54.6 Å². The van der Waals surface area contributed by atoms with Crippen molar-refractivity contribution in [1.82, 2.24) is 4.31 Å². The first-order valence-electron chi connectivity index (χ1n) is 7.63. The van der Waals surface area contributed by atoms with E-state index >= 15 is 0 Å². The van der Waals surface area contributed by atoms with E-state index in [9.17, 15) is 16.8 Å². The first-order valence-corrected chi connectivity index (χ1v) is 11.0. The highest BCUT2D eigenvalue weighted by atomic mass is 32.2. The molecule has 1 heterocycles. The van der Waals surface area contributed by atoms with Crippen molar-refractivity contribution in [3.8, 4) is 11.1 Å². The SMILES string of the molecule is CS(=O)(=O)C1CCN(S(=O)(=O)c2cccc(-c3ccccc3)c2)C1. The lowest BCUT2D eigenvalue weighted by atomic mass is 10.1. The third-order valence-corrected chi connectivity index (χ3v) is 7.75. The van der Waals surface area contributed by atoms with Crippen LogP contribution in [0.3, 0.4) is 0 Å². The van der Waals surface area contributed by atoms with Crippen molar-refractivity contribution in [2.75, 3.05) is 19.3 Å². The minimum Gasteiger partial charge on any atom is -0.229 e. The number of hydrogen-bond acceptors (Lipinski definition) is 4. The number of sulfonamides is 1. The maximum atomic E-state index is 12.8. The minimum absolute atomic E-state index is 0.0245. The predicted molar refractivity (Wildman–Crippen MR) is 93.9 cm³/mol. The summed E-state index contributed by atoms with van der Waals surface area (Å²) in [6.45, 7) is 0.256. The fourth-order valence-electron chi connectivity index (χ4n) is 2.88. The Morgan fingerprint density at radius 1 is 0.917 bits per heavy atom. The molecule has 0 spiro atoms. The quantitative estimate of drug-likeness (QED) is 0.832. The summed E-state index contributed by atoms with van der Waals surface area (Å²) in [4.78, 5) is 0.193. The van der Waals surface area contributed by atoms with Gasteiger partial charge in [-0.2, -0.15) is 4.31 Å². The first-order chi connectivity index (χ1) is 11.3. The number of sulfone groups is 1. The zero-order chi connectivity index (χ0) is 17.4. The standard InChI is InChI=1S/C17H19NO4S2/c1-23(19,20)17-10-11-18(13-17)24(21,22)16-9-5-8-15(12-16)14-6-3-2-4-7-14/h2-9,12,17H,10-11,13H2,1H3. The summed E-state index contributed by atoms with van der Waals surface area (Å²) in [7, 11) is -6.93. The van der Waals surface area contributed by atoms with E-state index in [1.807, 2.05) is 36.4 Å². The number of nitrogens with zero attached hydrogens (tertiary/aromatic N) is 1. The van der Waals surface area contributed by atoms with Gasteiger partial charge in [0, 0.05) is 19.3 Å². The zero-order valence-corrected chi connectivity index (χ0v) is 14.9. The first kappa shape index (κ1) is 17.1. The Bertz CT molecular complexity index is 938. The van der Waals surface area contributed by atoms with Gasteiger partial charge in [0.25, 0.3) is 0 Å². The van der Waals surface area contributed by atoms with Crippen LogP contribution in [-0.4, -0.2) is 45.7 Å². The van der Waals surface area contributed by atoms with Crippen LogP contribution in [0.1, 0.15) is 6.42 Å².